The number of hydrogen-bond acceptors (Lipinski definition) is 6. The second-order valence-corrected chi connectivity index (χ2v) is 5.27. The lowest BCUT2D eigenvalue weighted by molar-refractivity contribution is 0.00206. The van der Waals surface area contributed by atoms with Crippen molar-refractivity contribution in [2.45, 2.75) is 0 Å². The van der Waals surface area contributed by atoms with E-state index in [1.807, 2.05) is 12.1 Å². The molecule has 1 aliphatic rings. The zero-order valence-corrected chi connectivity index (χ0v) is 14.1. The molecule has 0 radical (unpaired) electrons. The molecule has 0 saturated carbocycles. The fourth-order valence-electron chi connectivity index (χ4n) is 2.11. The number of pyridine rings is 1. The Morgan fingerprint density at radius 3 is 2.00 bits per heavy atom. The van der Waals surface area contributed by atoms with E-state index in [4.69, 9.17) is 18.9 Å². The molecule has 2 rings (SSSR count). The zero-order valence-electron chi connectivity index (χ0n) is 14.1. The molecule has 1 aliphatic heterocycles. The van der Waals surface area contributed by atoms with Gasteiger partial charge in [-0.25, -0.2) is 0 Å². The van der Waals surface area contributed by atoms with Crippen LogP contribution in [0, 0.1) is 11.8 Å². The van der Waals surface area contributed by atoms with Crippen molar-refractivity contribution in [3.63, 3.8) is 0 Å². The lowest BCUT2D eigenvalue weighted by Crippen LogP contribution is -2.32. The monoisotopic (exact) mass is 334 g/mol. The fourth-order valence-corrected chi connectivity index (χ4v) is 2.11. The van der Waals surface area contributed by atoms with Crippen molar-refractivity contribution in [2.24, 2.45) is 0 Å². The first-order valence-corrected chi connectivity index (χ1v) is 8.37. The minimum absolute atomic E-state index is 0.597. The van der Waals surface area contributed by atoms with E-state index in [0.29, 0.717) is 59.4 Å². The maximum absolute atomic E-state index is 5.60. The molecular weight excluding hydrogens is 308 g/mol. The molecule has 0 atom stereocenters. The molecule has 0 aliphatic carbocycles. The largest absolute Gasteiger partial charge is 0.378 e. The molecule has 0 spiro atoms. The lowest BCUT2D eigenvalue weighted by Gasteiger charge is -2.19. The second kappa shape index (κ2) is 12.9. The van der Waals surface area contributed by atoms with Gasteiger partial charge in [-0.2, -0.15) is 0 Å². The maximum atomic E-state index is 5.60. The topological polar surface area (TPSA) is 53.1 Å². The van der Waals surface area contributed by atoms with Gasteiger partial charge in [0.2, 0.25) is 0 Å². The van der Waals surface area contributed by atoms with E-state index in [1.54, 1.807) is 12.4 Å². The van der Waals surface area contributed by atoms with E-state index in [0.717, 1.165) is 18.7 Å². The van der Waals surface area contributed by atoms with Gasteiger partial charge in [-0.1, -0.05) is 11.8 Å². The van der Waals surface area contributed by atoms with Gasteiger partial charge in [0.15, 0.2) is 0 Å². The summed E-state index contributed by atoms with van der Waals surface area (Å²) in [5.41, 5.74) is 0.928. The standard InChI is InChI=1S/C18H26N2O4/c1-3-18(17-19-5-1)4-2-6-20-7-9-21-11-13-23-15-16-24-14-12-22-10-8-20/h1,3,5,17H,6-16H2. The molecule has 1 fully saturated rings. The van der Waals surface area contributed by atoms with Crippen molar-refractivity contribution in [3.8, 4) is 11.8 Å². The van der Waals surface area contributed by atoms with Gasteiger partial charge in [0, 0.05) is 31.0 Å². The van der Waals surface area contributed by atoms with Crippen molar-refractivity contribution in [3.05, 3.63) is 30.1 Å². The summed E-state index contributed by atoms with van der Waals surface area (Å²) >= 11 is 0. The highest BCUT2D eigenvalue weighted by Crippen LogP contribution is 1.94. The van der Waals surface area contributed by atoms with E-state index >= 15 is 0 Å². The first-order valence-electron chi connectivity index (χ1n) is 8.37. The predicted molar refractivity (Wildman–Crippen MR) is 90.8 cm³/mol. The van der Waals surface area contributed by atoms with Crippen LogP contribution in [0.2, 0.25) is 0 Å². The molecule has 2 heterocycles. The summed E-state index contributed by atoms with van der Waals surface area (Å²) in [7, 11) is 0. The Balaban J connectivity index is 1.77. The molecule has 1 aromatic heterocycles. The molecule has 0 unspecified atom stereocenters. The maximum Gasteiger partial charge on any atom is 0.0701 e. The molecule has 0 amide bonds. The minimum atomic E-state index is 0.597. The number of rotatable bonds is 1. The Morgan fingerprint density at radius 2 is 1.46 bits per heavy atom. The van der Waals surface area contributed by atoms with Gasteiger partial charge in [-0.05, 0) is 12.1 Å². The molecule has 24 heavy (non-hydrogen) atoms. The summed E-state index contributed by atoms with van der Waals surface area (Å²) in [6, 6.07) is 3.85. The lowest BCUT2D eigenvalue weighted by atomic mass is 10.3. The Bertz CT molecular complexity index is 471. The smallest absolute Gasteiger partial charge is 0.0701 e. The highest BCUT2D eigenvalue weighted by atomic mass is 16.6. The van der Waals surface area contributed by atoms with E-state index in [1.165, 1.54) is 0 Å². The Hall–Kier alpha value is -1.49. The van der Waals surface area contributed by atoms with E-state index in [9.17, 15) is 0 Å². The van der Waals surface area contributed by atoms with Crippen LogP contribution in [0.15, 0.2) is 24.5 Å². The van der Waals surface area contributed by atoms with Gasteiger partial charge in [0.1, 0.15) is 0 Å². The molecule has 1 saturated heterocycles. The number of hydrogen-bond donors (Lipinski definition) is 0. The summed E-state index contributed by atoms with van der Waals surface area (Å²) in [4.78, 5) is 6.29. The van der Waals surface area contributed by atoms with E-state index in [2.05, 4.69) is 21.7 Å². The van der Waals surface area contributed by atoms with Crippen LogP contribution < -0.4 is 0 Å². The van der Waals surface area contributed by atoms with Crippen LogP contribution in [0.25, 0.3) is 0 Å². The third-order valence-corrected chi connectivity index (χ3v) is 3.42. The molecule has 0 aromatic carbocycles. The third kappa shape index (κ3) is 8.96. The molecule has 6 nitrogen and oxygen atoms in total. The molecule has 1 aromatic rings. The van der Waals surface area contributed by atoms with Gasteiger partial charge < -0.3 is 18.9 Å². The fraction of sp³-hybridized carbons (Fsp3) is 0.611. The van der Waals surface area contributed by atoms with Crippen LogP contribution in [0.5, 0.6) is 0 Å². The van der Waals surface area contributed by atoms with Crippen LogP contribution in [-0.4, -0.2) is 82.4 Å². The normalized spacial score (nSPS) is 19.5. The number of nitrogens with zero attached hydrogens (tertiary/aromatic N) is 2. The zero-order chi connectivity index (χ0) is 16.7. The van der Waals surface area contributed by atoms with Crippen LogP contribution in [-0.2, 0) is 18.9 Å². The van der Waals surface area contributed by atoms with Crippen LogP contribution in [0.4, 0.5) is 0 Å². The van der Waals surface area contributed by atoms with Gasteiger partial charge in [0.05, 0.1) is 59.4 Å². The Labute approximate surface area is 144 Å². The number of aromatic nitrogens is 1. The quantitative estimate of drug-likeness (QED) is 0.709. The van der Waals surface area contributed by atoms with Gasteiger partial charge in [-0.3, -0.25) is 9.88 Å². The van der Waals surface area contributed by atoms with E-state index in [-0.39, 0.29) is 0 Å². The van der Waals surface area contributed by atoms with Crippen molar-refractivity contribution >= 4 is 0 Å². The van der Waals surface area contributed by atoms with Gasteiger partial charge in [0.25, 0.3) is 0 Å². The molecule has 132 valence electrons. The highest BCUT2D eigenvalue weighted by molar-refractivity contribution is 5.31. The van der Waals surface area contributed by atoms with Gasteiger partial charge in [-0.15, -0.1) is 0 Å². The van der Waals surface area contributed by atoms with Crippen LogP contribution in [0.3, 0.4) is 0 Å². The van der Waals surface area contributed by atoms with E-state index < -0.39 is 0 Å². The molecule has 0 N–H and O–H groups in total. The van der Waals surface area contributed by atoms with Gasteiger partial charge >= 0.3 is 0 Å². The second-order valence-electron chi connectivity index (χ2n) is 5.27. The summed E-state index contributed by atoms with van der Waals surface area (Å²) in [5.74, 6) is 6.32. The average Bonchev–Trinajstić information content (AvgIpc) is 2.62. The SMILES string of the molecule is C(#Cc1cccnc1)CN1CCOCCOCCOCCOCC1. The van der Waals surface area contributed by atoms with Crippen molar-refractivity contribution in [2.75, 3.05) is 72.5 Å². The van der Waals surface area contributed by atoms with Crippen LogP contribution in [0.1, 0.15) is 5.56 Å². The summed E-state index contributed by atoms with van der Waals surface area (Å²) in [6.45, 7) is 7.23. The average molecular weight is 334 g/mol. The first-order chi connectivity index (χ1) is 11.9. The highest BCUT2D eigenvalue weighted by Gasteiger charge is 2.04. The molecule has 6 heteroatoms. The summed E-state index contributed by atoms with van der Waals surface area (Å²) in [5, 5.41) is 0. The summed E-state index contributed by atoms with van der Waals surface area (Å²) in [6.07, 6.45) is 3.52. The van der Waals surface area contributed by atoms with Crippen LogP contribution >= 0.6 is 0 Å². The molecule has 0 bridgehead atoms. The Kier molecular flexibility index (Phi) is 10.1. The Morgan fingerprint density at radius 1 is 0.875 bits per heavy atom. The number of ether oxygens (including phenoxy) is 4. The summed E-state index contributed by atoms with van der Waals surface area (Å²) < 4.78 is 22.0. The first kappa shape index (κ1) is 18.8. The minimum Gasteiger partial charge on any atom is -0.378 e. The van der Waals surface area contributed by atoms with Crippen molar-refractivity contribution < 1.29 is 18.9 Å². The van der Waals surface area contributed by atoms with Crippen molar-refractivity contribution in [1.29, 1.82) is 0 Å². The molecular formula is C18H26N2O4. The third-order valence-electron chi connectivity index (χ3n) is 3.42. The van der Waals surface area contributed by atoms with Crippen molar-refractivity contribution in [1.82, 2.24) is 9.88 Å². The predicted octanol–water partition coefficient (Wildman–Crippen LogP) is 0.815.